The van der Waals surface area contributed by atoms with E-state index in [1.165, 1.54) is 6.07 Å². The van der Waals surface area contributed by atoms with Gasteiger partial charge in [0, 0.05) is 15.7 Å². The Hall–Kier alpha value is -1.59. The quantitative estimate of drug-likeness (QED) is 0.855. The number of hydrogen-bond donors (Lipinski definition) is 2. The topological polar surface area (TPSA) is 62.2 Å². The van der Waals surface area contributed by atoms with Gasteiger partial charge in [-0.15, -0.1) is 0 Å². The van der Waals surface area contributed by atoms with Gasteiger partial charge in [0.1, 0.15) is 11.4 Å². The summed E-state index contributed by atoms with van der Waals surface area (Å²) >= 11 is 9.16. The number of rotatable bonds is 4. The molecule has 1 unspecified atom stereocenters. The predicted octanol–water partition coefficient (Wildman–Crippen LogP) is 4.37. The summed E-state index contributed by atoms with van der Waals surface area (Å²) in [5, 5.41) is 12.9. The Bertz CT molecular complexity index is 649. The molecule has 0 bridgehead atoms. The molecule has 0 aliphatic heterocycles. The van der Waals surface area contributed by atoms with Gasteiger partial charge in [-0.25, -0.2) is 9.78 Å². The fraction of sp³-hybridized carbons (Fsp3) is 0.143. The number of nitrogens with zero attached hydrogens (tertiary/aromatic N) is 1. The SMILES string of the molecule is CC(Nc1ncc(Br)cc1C(=O)O)c1cccc(Cl)c1. The summed E-state index contributed by atoms with van der Waals surface area (Å²) in [7, 11) is 0. The number of hydrogen-bond acceptors (Lipinski definition) is 3. The van der Waals surface area contributed by atoms with Gasteiger partial charge in [-0.2, -0.15) is 0 Å². The molecule has 0 fully saturated rings. The Morgan fingerprint density at radius 1 is 1.45 bits per heavy atom. The van der Waals surface area contributed by atoms with Crippen LogP contribution in [0, 0.1) is 0 Å². The van der Waals surface area contributed by atoms with Crippen molar-refractivity contribution in [3.63, 3.8) is 0 Å². The van der Waals surface area contributed by atoms with Gasteiger partial charge in [-0.1, -0.05) is 23.7 Å². The molecule has 20 heavy (non-hydrogen) atoms. The molecule has 1 aromatic heterocycles. The van der Waals surface area contributed by atoms with Crippen molar-refractivity contribution in [2.45, 2.75) is 13.0 Å². The van der Waals surface area contributed by atoms with Gasteiger partial charge in [-0.3, -0.25) is 0 Å². The van der Waals surface area contributed by atoms with Crippen LogP contribution < -0.4 is 5.32 Å². The maximum absolute atomic E-state index is 11.2. The molecule has 1 heterocycles. The molecule has 6 heteroatoms. The molecule has 0 radical (unpaired) electrons. The van der Waals surface area contributed by atoms with Gasteiger partial charge in [-0.05, 0) is 46.6 Å². The van der Waals surface area contributed by atoms with Crippen molar-refractivity contribution < 1.29 is 9.90 Å². The summed E-state index contributed by atoms with van der Waals surface area (Å²) < 4.78 is 0.621. The highest BCUT2D eigenvalue weighted by Gasteiger charge is 2.15. The van der Waals surface area contributed by atoms with Crippen molar-refractivity contribution in [2.75, 3.05) is 5.32 Å². The summed E-state index contributed by atoms with van der Waals surface area (Å²) in [4.78, 5) is 15.3. The minimum absolute atomic E-state index is 0.111. The molecule has 0 spiro atoms. The second-order valence-corrected chi connectivity index (χ2v) is 5.63. The molecule has 0 aliphatic rings. The largest absolute Gasteiger partial charge is 0.478 e. The van der Waals surface area contributed by atoms with Crippen LogP contribution in [0.25, 0.3) is 0 Å². The smallest absolute Gasteiger partial charge is 0.339 e. The molecule has 2 aromatic rings. The molecule has 2 rings (SSSR count). The zero-order valence-electron chi connectivity index (χ0n) is 10.6. The Kier molecular flexibility index (Phi) is 4.62. The first kappa shape index (κ1) is 14.8. The monoisotopic (exact) mass is 354 g/mol. The molecular weight excluding hydrogens is 344 g/mol. The normalized spacial score (nSPS) is 11.9. The minimum atomic E-state index is -1.03. The van der Waals surface area contributed by atoms with Crippen molar-refractivity contribution in [1.29, 1.82) is 0 Å². The first-order valence-electron chi connectivity index (χ1n) is 5.88. The average Bonchev–Trinajstić information content (AvgIpc) is 2.40. The molecule has 1 aromatic carbocycles. The second kappa shape index (κ2) is 6.24. The summed E-state index contributed by atoms with van der Waals surface area (Å²) in [6.07, 6.45) is 1.56. The van der Waals surface area contributed by atoms with Crippen LogP contribution in [0.3, 0.4) is 0 Å². The fourth-order valence-electron chi connectivity index (χ4n) is 1.78. The standard InChI is InChI=1S/C14H12BrClN2O2/c1-8(9-3-2-4-11(16)5-9)18-13-12(14(19)20)6-10(15)7-17-13/h2-8H,1H3,(H,17,18)(H,19,20). The lowest BCUT2D eigenvalue weighted by Crippen LogP contribution is -2.12. The Labute approximate surface area is 129 Å². The maximum atomic E-state index is 11.2. The van der Waals surface area contributed by atoms with Crippen molar-refractivity contribution in [3.8, 4) is 0 Å². The number of halogens is 2. The molecule has 4 nitrogen and oxygen atoms in total. The minimum Gasteiger partial charge on any atom is -0.478 e. The summed E-state index contributed by atoms with van der Waals surface area (Å²) in [5.74, 6) is -0.701. The summed E-state index contributed by atoms with van der Waals surface area (Å²) in [6, 6.07) is 8.80. The van der Waals surface area contributed by atoms with E-state index >= 15 is 0 Å². The van der Waals surface area contributed by atoms with Crippen LogP contribution in [-0.4, -0.2) is 16.1 Å². The zero-order valence-corrected chi connectivity index (χ0v) is 12.9. The van der Waals surface area contributed by atoms with Gasteiger partial charge < -0.3 is 10.4 Å². The van der Waals surface area contributed by atoms with Gasteiger partial charge in [0.05, 0.1) is 6.04 Å². The third-order valence-corrected chi connectivity index (χ3v) is 3.46. The van der Waals surface area contributed by atoms with Gasteiger partial charge in [0.15, 0.2) is 0 Å². The lowest BCUT2D eigenvalue weighted by molar-refractivity contribution is 0.0697. The molecule has 0 amide bonds. The van der Waals surface area contributed by atoms with E-state index in [4.69, 9.17) is 11.6 Å². The number of nitrogens with one attached hydrogen (secondary N) is 1. The molecule has 0 aliphatic carbocycles. The van der Waals surface area contributed by atoms with E-state index in [0.29, 0.717) is 15.3 Å². The molecular formula is C14H12BrClN2O2. The number of aromatic carboxylic acids is 1. The number of anilines is 1. The first-order chi connectivity index (χ1) is 9.47. The highest BCUT2D eigenvalue weighted by Crippen LogP contribution is 2.24. The van der Waals surface area contributed by atoms with Crippen LogP contribution in [0.1, 0.15) is 28.9 Å². The molecule has 1 atom stereocenters. The second-order valence-electron chi connectivity index (χ2n) is 4.28. The Morgan fingerprint density at radius 3 is 2.85 bits per heavy atom. The van der Waals surface area contributed by atoms with Crippen molar-refractivity contribution in [2.24, 2.45) is 0 Å². The molecule has 104 valence electrons. The van der Waals surface area contributed by atoms with Crippen molar-refractivity contribution in [3.05, 3.63) is 57.2 Å². The highest BCUT2D eigenvalue weighted by atomic mass is 79.9. The Balaban J connectivity index is 2.28. The van der Waals surface area contributed by atoms with E-state index in [1.807, 2.05) is 25.1 Å². The predicted molar refractivity (Wildman–Crippen MR) is 82.4 cm³/mol. The molecule has 0 saturated carbocycles. The number of benzene rings is 1. The zero-order chi connectivity index (χ0) is 14.7. The van der Waals surface area contributed by atoms with E-state index in [0.717, 1.165) is 5.56 Å². The van der Waals surface area contributed by atoms with E-state index in [2.05, 4.69) is 26.2 Å². The number of carboxylic acid groups (broad SMARTS) is 1. The number of carbonyl (C=O) groups is 1. The lowest BCUT2D eigenvalue weighted by Gasteiger charge is -2.16. The van der Waals surface area contributed by atoms with Crippen LogP contribution in [0.2, 0.25) is 5.02 Å². The van der Waals surface area contributed by atoms with Crippen LogP contribution in [-0.2, 0) is 0 Å². The lowest BCUT2D eigenvalue weighted by atomic mass is 10.1. The number of pyridine rings is 1. The van der Waals surface area contributed by atoms with E-state index in [-0.39, 0.29) is 11.6 Å². The number of carboxylic acids is 1. The van der Waals surface area contributed by atoms with Crippen LogP contribution in [0.4, 0.5) is 5.82 Å². The van der Waals surface area contributed by atoms with Gasteiger partial charge in [0.25, 0.3) is 0 Å². The van der Waals surface area contributed by atoms with Crippen molar-refractivity contribution in [1.82, 2.24) is 4.98 Å². The third-order valence-electron chi connectivity index (χ3n) is 2.79. The van der Waals surface area contributed by atoms with E-state index in [1.54, 1.807) is 12.3 Å². The van der Waals surface area contributed by atoms with Gasteiger partial charge >= 0.3 is 5.97 Å². The molecule has 2 N–H and O–H groups in total. The maximum Gasteiger partial charge on any atom is 0.339 e. The third kappa shape index (κ3) is 3.49. The number of aromatic nitrogens is 1. The van der Waals surface area contributed by atoms with Crippen LogP contribution >= 0.6 is 27.5 Å². The van der Waals surface area contributed by atoms with Crippen molar-refractivity contribution >= 4 is 39.3 Å². The fourth-order valence-corrected chi connectivity index (χ4v) is 2.31. The van der Waals surface area contributed by atoms with E-state index < -0.39 is 5.97 Å². The highest BCUT2D eigenvalue weighted by molar-refractivity contribution is 9.10. The summed E-state index contributed by atoms with van der Waals surface area (Å²) in [6.45, 7) is 1.92. The van der Waals surface area contributed by atoms with Gasteiger partial charge in [0.2, 0.25) is 0 Å². The Morgan fingerprint density at radius 2 is 2.20 bits per heavy atom. The van der Waals surface area contributed by atoms with Crippen LogP contribution in [0.15, 0.2) is 41.0 Å². The van der Waals surface area contributed by atoms with Crippen LogP contribution in [0.5, 0.6) is 0 Å². The average molecular weight is 356 g/mol. The van der Waals surface area contributed by atoms with E-state index in [9.17, 15) is 9.90 Å². The summed E-state index contributed by atoms with van der Waals surface area (Å²) in [5.41, 5.74) is 1.08. The molecule has 0 saturated heterocycles. The first-order valence-corrected chi connectivity index (χ1v) is 7.05.